The van der Waals surface area contributed by atoms with E-state index >= 15 is 0 Å². The Kier molecular flexibility index (Phi) is 7.49. The molecule has 7 nitrogen and oxygen atoms in total. The summed E-state index contributed by atoms with van der Waals surface area (Å²) < 4.78 is 7.34. The molecule has 0 saturated heterocycles. The fraction of sp³-hybridized carbons (Fsp3) is 0.192. The van der Waals surface area contributed by atoms with Gasteiger partial charge in [0.1, 0.15) is 5.75 Å². The van der Waals surface area contributed by atoms with Crippen LogP contribution in [0.2, 0.25) is 0 Å². The largest absolute Gasteiger partial charge is 0.497 e. The number of rotatable bonds is 8. The maximum atomic E-state index is 12.6. The lowest BCUT2D eigenvalue weighted by Crippen LogP contribution is -2.32. The van der Waals surface area contributed by atoms with Crippen molar-refractivity contribution < 1.29 is 9.53 Å². The fourth-order valence-corrected chi connectivity index (χ4v) is 4.35. The lowest BCUT2D eigenvalue weighted by Gasteiger charge is -2.17. The van der Waals surface area contributed by atoms with E-state index in [0.29, 0.717) is 11.6 Å². The first kappa shape index (κ1) is 23.4. The van der Waals surface area contributed by atoms with Gasteiger partial charge in [0, 0.05) is 17.1 Å². The molecule has 4 rings (SSSR count). The maximum Gasteiger partial charge on any atom is 0.319 e. The summed E-state index contributed by atoms with van der Waals surface area (Å²) >= 11 is 1.58. The molecule has 0 aliphatic heterocycles. The number of ether oxygens (including phenoxy) is 1. The van der Waals surface area contributed by atoms with Crippen LogP contribution in [-0.4, -0.2) is 27.9 Å². The van der Waals surface area contributed by atoms with E-state index in [1.165, 1.54) is 0 Å². The second-order valence-corrected chi connectivity index (χ2v) is 8.78. The van der Waals surface area contributed by atoms with E-state index in [1.54, 1.807) is 18.9 Å². The molecule has 0 aliphatic rings. The van der Waals surface area contributed by atoms with Gasteiger partial charge in [-0.25, -0.2) is 4.79 Å². The maximum absolute atomic E-state index is 12.6. The molecule has 1 aromatic heterocycles. The summed E-state index contributed by atoms with van der Waals surface area (Å²) in [5.41, 5.74) is 3.95. The van der Waals surface area contributed by atoms with Gasteiger partial charge in [-0.05, 0) is 55.8 Å². The van der Waals surface area contributed by atoms with E-state index in [9.17, 15) is 4.79 Å². The highest BCUT2D eigenvalue weighted by Crippen LogP contribution is 2.28. The number of hydrogen-bond acceptors (Lipinski definition) is 5. The zero-order valence-electron chi connectivity index (χ0n) is 19.4. The molecule has 0 saturated carbocycles. The van der Waals surface area contributed by atoms with E-state index in [4.69, 9.17) is 4.74 Å². The lowest BCUT2D eigenvalue weighted by molar-refractivity contribution is 0.249. The summed E-state index contributed by atoms with van der Waals surface area (Å²) in [7, 11) is 1.66. The number of benzene rings is 3. The molecular weight excluding hydrogens is 446 g/mol. The van der Waals surface area contributed by atoms with E-state index in [-0.39, 0.29) is 12.1 Å². The number of aromatic nitrogens is 3. The van der Waals surface area contributed by atoms with Gasteiger partial charge in [0.15, 0.2) is 11.0 Å². The smallest absolute Gasteiger partial charge is 0.319 e. The summed E-state index contributed by atoms with van der Waals surface area (Å²) in [5.74, 6) is 2.18. The predicted octanol–water partition coefficient (Wildman–Crippen LogP) is 5.76. The summed E-state index contributed by atoms with van der Waals surface area (Å²) in [5, 5.41) is 15.5. The van der Waals surface area contributed by atoms with Crippen LogP contribution in [0, 0.1) is 6.92 Å². The molecule has 34 heavy (non-hydrogen) atoms. The summed E-state index contributed by atoms with van der Waals surface area (Å²) in [6.07, 6.45) is 0. The number of anilines is 1. The van der Waals surface area contributed by atoms with Crippen molar-refractivity contribution in [3.8, 4) is 11.4 Å². The van der Waals surface area contributed by atoms with Gasteiger partial charge >= 0.3 is 6.03 Å². The predicted molar refractivity (Wildman–Crippen MR) is 136 cm³/mol. The summed E-state index contributed by atoms with van der Waals surface area (Å²) in [6.45, 7) is 3.95. The monoisotopic (exact) mass is 473 g/mol. The van der Waals surface area contributed by atoms with Gasteiger partial charge in [-0.3, -0.25) is 4.57 Å². The molecule has 1 atom stereocenters. The van der Waals surface area contributed by atoms with Crippen molar-refractivity contribution in [2.24, 2.45) is 0 Å². The Bertz CT molecular complexity index is 1240. The Labute approximate surface area is 203 Å². The van der Waals surface area contributed by atoms with Crippen LogP contribution < -0.4 is 15.4 Å². The zero-order chi connectivity index (χ0) is 23.9. The summed E-state index contributed by atoms with van der Waals surface area (Å²) in [6, 6.07) is 24.8. The summed E-state index contributed by atoms with van der Waals surface area (Å²) in [4.78, 5) is 12.6. The number of amides is 2. The number of nitrogens with one attached hydrogen (secondary N) is 2. The minimum atomic E-state index is -0.372. The van der Waals surface area contributed by atoms with E-state index < -0.39 is 0 Å². The Hall–Kier alpha value is -3.78. The molecule has 3 aromatic carbocycles. The van der Waals surface area contributed by atoms with E-state index in [0.717, 1.165) is 33.4 Å². The molecule has 1 unspecified atom stereocenters. The van der Waals surface area contributed by atoms with Crippen LogP contribution in [0.25, 0.3) is 5.69 Å². The molecule has 4 aromatic rings. The minimum Gasteiger partial charge on any atom is -0.497 e. The molecule has 174 valence electrons. The number of para-hydroxylation sites is 1. The number of methoxy groups -OCH3 is 1. The van der Waals surface area contributed by atoms with Gasteiger partial charge in [-0.2, -0.15) is 0 Å². The molecular formula is C26H27N5O2S. The third-order valence-corrected chi connectivity index (χ3v) is 6.22. The van der Waals surface area contributed by atoms with Crippen LogP contribution in [0.1, 0.15) is 29.9 Å². The van der Waals surface area contributed by atoms with Crippen molar-refractivity contribution in [1.29, 1.82) is 0 Å². The molecule has 2 amide bonds. The van der Waals surface area contributed by atoms with Gasteiger partial charge < -0.3 is 15.4 Å². The van der Waals surface area contributed by atoms with Crippen LogP contribution in [0.15, 0.2) is 84.0 Å². The van der Waals surface area contributed by atoms with Gasteiger partial charge in [-0.15, -0.1) is 10.2 Å². The number of thioether (sulfide) groups is 1. The molecule has 0 fully saturated rings. The van der Waals surface area contributed by atoms with Gasteiger partial charge in [0.25, 0.3) is 0 Å². The van der Waals surface area contributed by atoms with Gasteiger partial charge in [-0.1, -0.05) is 59.8 Å². The average molecular weight is 474 g/mol. The van der Waals surface area contributed by atoms with Crippen molar-refractivity contribution in [2.45, 2.75) is 30.8 Å². The third kappa shape index (κ3) is 5.77. The number of aryl methyl sites for hydroxylation is 1. The fourth-order valence-electron chi connectivity index (χ4n) is 3.45. The average Bonchev–Trinajstić information content (AvgIpc) is 3.28. The highest BCUT2D eigenvalue weighted by molar-refractivity contribution is 7.98. The van der Waals surface area contributed by atoms with Gasteiger partial charge in [0.05, 0.1) is 13.2 Å². The normalized spacial score (nSPS) is 11.6. The quantitative estimate of drug-likeness (QED) is 0.318. The van der Waals surface area contributed by atoms with Crippen molar-refractivity contribution in [3.63, 3.8) is 0 Å². The molecule has 0 aliphatic carbocycles. The number of carbonyl (C=O) groups is 1. The number of hydrogen-bond donors (Lipinski definition) is 2. The third-order valence-electron chi connectivity index (χ3n) is 5.22. The highest BCUT2D eigenvalue weighted by atomic mass is 32.2. The number of carbonyl (C=O) groups excluding carboxylic acids is 1. The number of nitrogens with zero attached hydrogens (tertiary/aromatic N) is 3. The first-order valence-corrected chi connectivity index (χ1v) is 11.9. The minimum absolute atomic E-state index is 0.303. The van der Waals surface area contributed by atoms with E-state index in [2.05, 4.69) is 39.0 Å². The first-order valence-electron chi connectivity index (χ1n) is 10.9. The molecule has 8 heteroatoms. The molecule has 0 spiro atoms. The second-order valence-electron chi connectivity index (χ2n) is 7.84. The Morgan fingerprint density at radius 3 is 2.53 bits per heavy atom. The standard InChI is InChI=1S/C26H27N5O2S/c1-18-12-14-22(15-13-18)31-24(19(2)27-25(32)28-21-9-5-4-6-10-21)29-30-26(31)34-17-20-8-7-11-23(16-20)33-3/h4-16,19H,17H2,1-3H3,(H2,27,28,32). The van der Waals surface area contributed by atoms with Gasteiger partial charge in [0.2, 0.25) is 0 Å². The molecule has 1 heterocycles. The van der Waals surface area contributed by atoms with Crippen molar-refractivity contribution in [2.75, 3.05) is 12.4 Å². The van der Waals surface area contributed by atoms with E-state index in [1.807, 2.05) is 79.1 Å². The molecule has 0 radical (unpaired) electrons. The van der Waals surface area contributed by atoms with Crippen molar-refractivity contribution in [1.82, 2.24) is 20.1 Å². The number of urea groups is 1. The first-order chi connectivity index (χ1) is 16.5. The Balaban J connectivity index is 1.57. The van der Waals surface area contributed by atoms with Crippen LogP contribution in [0.3, 0.4) is 0 Å². The Morgan fingerprint density at radius 2 is 1.79 bits per heavy atom. The zero-order valence-corrected chi connectivity index (χ0v) is 20.2. The van der Waals surface area contributed by atoms with Crippen LogP contribution in [0.5, 0.6) is 5.75 Å². The highest BCUT2D eigenvalue weighted by Gasteiger charge is 2.21. The second kappa shape index (κ2) is 10.9. The molecule has 0 bridgehead atoms. The van der Waals surface area contributed by atoms with Crippen molar-refractivity contribution in [3.05, 3.63) is 95.8 Å². The Morgan fingerprint density at radius 1 is 1.03 bits per heavy atom. The topological polar surface area (TPSA) is 81.1 Å². The lowest BCUT2D eigenvalue weighted by atomic mass is 10.2. The van der Waals surface area contributed by atoms with Crippen molar-refractivity contribution >= 4 is 23.5 Å². The van der Waals surface area contributed by atoms with Crippen LogP contribution in [0.4, 0.5) is 10.5 Å². The van der Waals surface area contributed by atoms with Crippen LogP contribution >= 0.6 is 11.8 Å². The molecule has 2 N–H and O–H groups in total. The SMILES string of the molecule is COc1cccc(CSc2nnc(C(C)NC(=O)Nc3ccccc3)n2-c2ccc(C)cc2)c1. The van der Waals surface area contributed by atoms with Crippen LogP contribution in [-0.2, 0) is 5.75 Å².